The lowest BCUT2D eigenvalue weighted by molar-refractivity contribution is -0.125. The second-order valence-corrected chi connectivity index (χ2v) is 5.07. The van der Waals surface area contributed by atoms with E-state index in [1.165, 1.54) is 6.07 Å². The number of hydrogen-bond acceptors (Lipinski definition) is 3. The first kappa shape index (κ1) is 13.6. The summed E-state index contributed by atoms with van der Waals surface area (Å²) in [7, 11) is 0. The van der Waals surface area contributed by atoms with E-state index in [1.807, 2.05) is 6.92 Å². The summed E-state index contributed by atoms with van der Waals surface area (Å²) in [5.41, 5.74) is 1.36. The lowest BCUT2D eigenvalue weighted by atomic mass is 9.93. The number of aryl methyl sites for hydroxylation is 1. The van der Waals surface area contributed by atoms with Gasteiger partial charge in [0.2, 0.25) is 0 Å². The molecule has 0 bridgehead atoms. The van der Waals surface area contributed by atoms with E-state index in [0.717, 1.165) is 12.0 Å². The van der Waals surface area contributed by atoms with Crippen LogP contribution in [0.15, 0.2) is 18.2 Å². The SMILES string of the molecule is CCC1CN(C(=O)c2ccc(O)cc2C)CCC1=O. The molecule has 1 N–H and O–H groups in total. The molecule has 1 heterocycles. The molecule has 102 valence electrons. The molecule has 1 saturated heterocycles. The van der Waals surface area contributed by atoms with Gasteiger partial charge in [-0.3, -0.25) is 9.59 Å². The number of aromatic hydroxyl groups is 1. The smallest absolute Gasteiger partial charge is 0.254 e. The number of piperidine rings is 1. The second kappa shape index (κ2) is 5.43. The van der Waals surface area contributed by atoms with Crippen molar-refractivity contribution in [2.45, 2.75) is 26.7 Å². The molecule has 0 spiro atoms. The molecular formula is C15H19NO3. The Labute approximate surface area is 113 Å². The van der Waals surface area contributed by atoms with Crippen LogP contribution in [0.2, 0.25) is 0 Å². The van der Waals surface area contributed by atoms with Crippen molar-refractivity contribution in [3.05, 3.63) is 29.3 Å². The molecule has 2 rings (SSSR count). The van der Waals surface area contributed by atoms with Crippen LogP contribution in [0, 0.1) is 12.8 Å². The number of ketones is 1. The van der Waals surface area contributed by atoms with Crippen LogP contribution in [0.25, 0.3) is 0 Å². The van der Waals surface area contributed by atoms with Crippen molar-refractivity contribution in [3.63, 3.8) is 0 Å². The zero-order valence-electron chi connectivity index (χ0n) is 11.3. The number of phenols is 1. The number of benzene rings is 1. The fourth-order valence-electron chi connectivity index (χ4n) is 2.51. The van der Waals surface area contributed by atoms with Gasteiger partial charge in [-0.2, -0.15) is 0 Å². The summed E-state index contributed by atoms with van der Waals surface area (Å²) in [5, 5.41) is 9.37. The van der Waals surface area contributed by atoms with E-state index in [4.69, 9.17) is 0 Å². The lowest BCUT2D eigenvalue weighted by Crippen LogP contribution is -2.44. The first-order chi connectivity index (χ1) is 9.02. The largest absolute Gasteiger partial charge is 0.508 e. The molecule has 1 aromatic rings. The highest BCUT2D eigenvalue weighted by molar-refractivity contribution is 5.97. The summed E-state index contributed by atoms with van der Waals surface area (Å²) in [6.07, 6.45) is 1.22. The van der Waals surface area contributed by atoms with Crippen molar-refractivity contribution < 1.29 is 14.7 Å². The summed E-state index contributed by atoms with van der Waals surface area (Å²) in [6, 6.07) is 4.75. The van der Waals surface area contributed by atoms with E-state index >= 15 is 0 Å². The minimum absolute atomic E-state index is 0.0323. The fraction of sp³-hybridized carbons (Fsp3) is 0.467. The Morgan fingerprint density at radius 1 is 1.47 bits per heavy atom. The van der Waals surface area contributed by atoms with Crippen molar-refractivity contribution in [3.8, 4) is 5.75 Å². The Hall–Kier alpha value is -1.84. The molecule has 4 nitrogen and oxygen atoms in total. The standard InChI is InChI=1S/C15H19NO3/c1-3-11-9-16(7-6-14(11)18)15(19)13-5-4-12(17)8-10(13)2/h4-5,8,11,17H,3,6-7,9H2,1-2H3. The number of carbonyl (C=O) groups excluding carboxylic acids is 2. The third-order valence-electron chi connectivity index (χ3n) is 3.74. The van der Waals surface area contributed by atoms with Crippen LogP contribution in [0.1, 0.15) is 35.7 Å². The van der Waals surface area contributed by atoms with E-state index < -0.39 is 0 Å². The molecule has 4 heteroatoms. The number of amides is 1. The van der Waals surface area contributed by atoms with Crippen LogP contribution in [-0.4, -0.2) is 34.8 Å². The molecule has 1 amide bonds. The van der Waals surface area contributed by atoms with Gasteiger partial charge < -0.3 is 10.0 Å². The Morgan fingerprint density at radius 3 is 2.84 bits per heavy atom. The van der Waals surface area contributed by atoms with Gasteiger partial charge in [-0.25, -0.2) is 0 Å². The average molecular weight is 261 g/mol. The Balaban J connectivity index is 2.18. The molecule has 1 unspecified atom stereocenters. The zero-order valence-corrected chi connectivity index (χ0v) is 11.3. The first-order valence-electron chi connectivity index (χ1n) is 6.64. The fourth-order valence-corrected chi connectivity index (χ4v) is 2.51. The maximum absolute atomic E-state index is 12.4. The van der Waals surface area contributed by atoms with Gasteiger partial charge in [-0.05, 0) is 37.1 Å². The van der Waals surface area contributed by atoms with Crippen LogP contribution in [0.4, 0.5) is 0 Å². The quantitative estimate of drug-likeness (QED) is 0.887. The number of rotatable bonds is 2. The second-order valence-electron chi connectivity index (χ2n) is 5.07. The van der Waals surface area contributed by atoms with Crippen LogP contribution in [0.5, 0.6) is 5.75 Å². The number of hydrogen-bond donors (Lipinski definition) is 1. The van der Waals surface area contributed by atoms with Gasteiger partial charge in [0, 0.05) is 31.0 Å². The van der Waals surface area contributed by atoms with Crippen molar-refractivity contribution >= 4 is 11.7 Å². The van der Waals surface area contributed by atoms with Gasteiger partial charge in [-0.15, -0.1) is 0 Å². The van der Waals surface area contributed by atoms with E-state index in [9.17, 15) is 14.7 Å². The third-order valence-corrected chi connectivity index (χ3v) is 3.74. The molecule has 1 aromatic carbocycles. The van der Waals surface area contributed by atoms with Gasteiger partial charge in [0.15, 0.2) is 0 Å². The van der Waals surface area contributed by atoms with Gasteiger partial charge in [0.05, 0.1) is 0 Å². The number of carbonyl (C=O) groups is 2. The van der Waals surface area contributed by atoms with Crippen molar-refractivity contribution in [2.75, 3.05) is 13.1 Å². The number of likely N-dealkylation sites (tertiary alicyclic amines) is 1. The maximum atomic E-state index is 12.4. The van der Waals surface area contributed by atoms with Gasteiger partial charge in [0.1, 0.15) is 11.5 Å². The van der Waals surface area contributed by atoms with Crippen molar-refractivity contribution in [1.82, 2.24) is 4.90 Å². The number of Topliss-reactive ketones (excluding diaryl/α,β-unsaturated/α-hetero) is 1. The van der Waals surface area contributed by atoms with Gasteiger partial charge in [-0.1, -0.05) is 6.92 Å². The molecule has 19 heavy (non-hydrogen) atoms. The first-order valence-corrected chi connectivity index (χ1v) is 6.64. The monoisotopic (exact) mass is 261 g/mol. The summed E-state index contributed by atoms with van der Waals surface area (Å²) in [6.45, 7) is 4.78. The Kier molecular flexibility index (Phi) is 3.88. The molecule has 0 aromatic heterocycles. The highest BCUT2D eigenvalue weighted by atomic mass is 16.3. The van der Waals surface area contributed by atoms with Crippen LogP contribution in [-0.2, 0) is 4.79 Å². The summed E-state index contributed by atoms with van der Waals surface area (Å²) < 4.78 is 0. The molecule has 1 aliphatic rings. The van der Waals surface area contributed by atoms with Crippen LogP contribution < -0.4 is 0 Å². The minimum atomic E-state index is -0.0524. The molecule has 0 aliphatic carbocycles. The summed E-state index contributed by atoms with van der Waals surface area (Å²) >= 11 is 0. The topological polar surface area (TPSA) is 57.6 Å². The van der Waals surface area contributed by atoms with Crippen molar-refractivity contribution in [1.29, 1.82) is 0 Å². The van der Waals surface area contributed by atoms with Gasteiger partial charge in [0.25, 0.3) is 5.91 Å². The highest BCUT2D eigenvalue weighted by Gasteiger charge is 2.29. The minimum Gasteiger partial charge on any atom is -0.508 e. The van der Waals surface area contributed by atoms with E-state index in [1.54, 1.807) is 24.0 Å². The predicted molar refractivity (Wildman–Crippen MR) is 72.2 cm³/mol. The normalized spacial score (nSPS) is 19.6. The molecular weight excluding hydrogens is 242 g/mol. The number of phenolic OH excluding ortho intramolecular Hbond substituents is 1. The van der Waals surface area contributed by atoms with Crippen LogP contribution >= 0.6 is 0 Å². The number of nitrogens with zero attached hydrogens (tertiary/aromatic N) is 1. The third kappa shape index (κ3) is 2.78. The highest BCUT2D eigenvalue weighted by Crippen LogP contribution is 2.21. The van der Waals surface area contributed by atoms with Gasteiger partial charge >= 0.3 is 0 Å². The Bertz CT molecular complexity index is 510. The Morgan fingerprint density at radius 2 is 2.21 bits per heavy atom. The molecule has 1 atom stereocenters. The molecule has 0 radical (unpaired) electrons. The summed E-state index contributed by atoms with van der Waals surface area (Å²) in [4.78, 5) is 25.8. The molecule has 1 fully saturated rings. The average Bonchev–Trinajstić information content (AvgIpc) is 2.38. The zero-order chi connectivity index (χ0) is 14.0. The van der Waals surface area contributed by atoms with Crippen LogP contribution in [0.3, 0.4) is 0 Å². The van der Waals surface area contributed by atoms with Crippen molar-refractivity contribution in [2.24, 2.45) is 5.92 Å². The molecule has 0 saturated carbocycles. The summed E-state index contributed by atoms with van der Waals surface area (Å²) in [5.74, 6) is 0.335. The molecule has 1 aliphatic heterocycles. The van der Waals surface area contributed by atoms with E-state index in [-0.39, 0.29) is 23.4 Å². The maximum Gasteiger partial charge on any atom is 0.254 e. The van der Waals surface area contributed by atoms with E-state index in [0.29, 0.717) is 25.1 Å². The van der Waals surface area contributed by atoms with E-state index in [2.05, 4.69) is 0 Å². The lowest BCUT2D eigenvalue weighted by Gasteiger charge is -2.31. The predicted octanol–water partition coefficient (Wildman–Crippen LogP) is 2.14.